The molecule has 1 heterocycles. The molecule has 0 aliphatic heterocycles. The van der Waals surface area contributed by atoms with E-state index in [4.69, 9.17) is 19.0 Å². The van der Waals surface area contributed by atoms with Gasteiger partial charge in [-0.25, -0.2) is 9.78 Å². The van der Waals surface area contributed by atoms with Gasteiger partial charge in [-0.1, -0.05) is 54.6 Å². The Morgan fingerprint density at radius 3 is 2.16 bits per heavy atom. The van der Waals surface area contributed by atoms with Gasteiger partial charge in [0.2, 0.25) is 11.8 Å². The third kappa shape index (κ3) is 9.46. The van der Waals surface area contributed by atoms with Gasteiger partial charge in [0.15, 0.2) is 11.2 Å². The number of amides is 1. The lowest BCUT2D eigenvalue weighted by atomic mass is 9.95. The molecular formula is C33H36N2O9. The maximum Gasteiger partial charge on any atom is 0.336 e. The molecule has 0 aliphatic rings. The highest BCUT2D eigenvalue weighted by molar-refractivity contribution is 5.90. The number of carbonyl (C=O) groups excluding carboxylic acids is 1. The molecule has 0 saturated heterocycles. The zero-order chi connectivity index (χ0) is 31.4. The average Bonchev–Trinajstić information content (AvgIpc) is 3.44. The predicted molar refractivity (Wildman–Crippen MR) is 161 cm³/mol. The van der Waals surface area contributed by atoms with E-state index in [0.29, 0.717) is 18.1 Å². The molecule has 11 nitrogen and oxygen atoms in total. The number of fused-ring (bicyclic) bond motifs is 1. The molecule has 11 heteroatoms. The van der Waals surface area contributed by atoms with Crippen molar-refractivity contribution in [2.24, 2.45) is 0 Å². The van der Waals surface area contributed by atoms with Crippen molar-refractivity contribution in [2.75, 3.05) is 32.9 Å². The Morgan fingerprint density at radius 1 is 0.795 bits per heavy atom. The molecule has 0 spiro atoms. The maximum atomic E-state index is 13.0. The standard InChI is InChI=1S/C33H36N2O9/c36-29(21-33(41,32(39)40)22-30(37)38)35(16-19-42-18-6-9-24-7-2-1-3-8-24)17-20-43-23-25-12-14-26(15-13-25)31-34-27-10-4-5-11-28(27)44-31/h1-5,7-8,10-15,41H,6,9,16-23H2,(H,37,38)(H,39,40). The molecule has 3 aromatic carbocycles. The van der Waals surface area contributed by atoms with Crippen molar-refractivity contribution in [1.82, 2.24) is 9.88 Å². The lowest BCUT2D eigenvalue weighted by molar-refractivity contribution is -0.169. The smallest absolute Gasteiger partial charge is 0.336 e. The number of carboxylic acids is 2. The van der Waals surface area contributed by atoms with E-state index in [2.05, 4.69) is 4.98 Å². The highest BCUT2D eigenvalue weighted by Gasteiger charge is 2.41. The minimum absolute atomic E-state index is 0.0932. The number of benzene rings is 3. The first-order valence-corrected chi connectivity index (χ1v) is 14.3. The van der Waals surface area contributed by atoms with Gasteiger partial charge in [-0.15, -0.1) is 0 Å². The number of carbonyl (C=O) groups is 3. The Hall–Kier alpha value is -4.58. The number of hydrogen-bond acceptors (Lipinski definition) is 8. The summed E-state index contributed by atoms with van der Waals surface area (Å²) in [5.41, 5.74) is 1.64. The van der Waals surface area contributed by atoms with E-state index < -0.39 is 36.3 Å². The van der Waals surface area contributed by atoms with Crippen molar-refractivity contribution >= 4 is 28.9 Å². The van der Waals surface area contributed by atoms with Crippen LogP contribution in [0.4, 0.5) is 0 Å². The molecule has 0 fully saturated rings. The van der Waals surface area contributed by atoms with E-state index in [1.54, 1.807) is 0 Å². The summed E-state index contributed by atoms with van der Waals surface area (Å²) >= 11 is 0. The fourth-order valence-corrected chi connectivity index (χ4v) is 4.59. The summed E-state index contributed by atoms with van der Waals surface area (Å²) in [6, 6.07) is 25.0. The van der Waals surface area contributed by atoms with E-state index in [-0.39, 0.29) is 32.9 Å². The molecular weight excluding hydrogens is 568 g/mol. The van der Waals surface area contributed by atoms with Gasteiger partial charge in [0.05, 0.1) is 32.7 Å². The van der Waals surface area contributed by atoms with Crippen LogP contribution in [0.5, 0.6) is 0 Å². The Kier molecular flexibility index (Phi) is 11.6. The average molecular weight is 605 g/mol. The van der Waals surface area contributed by atoms with Crippen molar-refractivity contribution < 1.29 is 43.6 Å². The van der Waals surface area contributed by atoms with Gasteiger partial charge in [0, 0.05) is 25.3 Å². The van der Waals surface area contributed by atoms with Crippen molar-refractivity contribution in [1.29, 1.82) is 0 Å². The molecule has 0 radical (unpaired) electrons. The number of carboxylic acid groups (broad SMARTS) is 2. The second kappa shape index (κ2) is 15.8. The SMILES string of the molecule is O=C(O)CC(O)(CC(=O)N(CCOCCCc1ccccc1)CCOCc1ccc(-c2nc3ccccc3o2)cc1)C(=O)O. The molecule has 1 atom stereocenters. The molecule has 0 bridgehead atoms. The number of hydrogen-bond donors (Lipinski definition) is 3. The summed E-state index contributed by atoms with van der Waals surface area (Å²) in [5, 5.41) is 28.9. The molecule has 44 heavy (non-hydrogen) atoms. The highest BCUT2D eigenvalue weighted by Crippen LogP contribution is 2.24. The lowest BCUT2D eigenvalue weighted by Crippen LogP contribution is -2.47. The summed E-state index contributed by atoms with van der Waals surface area (Å²) in [7, 11) is 0. The minimum atomic E-state index is -2.73. The van der Waals surface area contributed by atoms with E-state index in [1.807, 2.05) is 78.9 Å². The first-order chi connectivity index (χ1) is 21.2. The van der Waals surface area contributed by atoms with Gasteiger partial charge in [-0.3, -0.25) is 9.59 Å². The highest BCUT2D eigenvalue weighted by atomic mass is 16.5. The second-order valence-corrected chi connectivity index (χ2v) is 10.4. The molecule has 4 aromatic rings. The molecule has 4 rings (SSSR count). The van der Waals surface area contributed by atoms with E-state index in [1.165, 1.54) is 10.5 Å². The zero-order valence-corrected chi connectivity index (χ0v) is 24.3. The Morgan fingerprint density at radius 2 is 1.48 bits per heavy atom. The summed E-state index contributed by atoms with van der Waals surface area (Å²) in [5.74, 6) is -3.50. The van der Waals surface area contributed by atoms with Crippen LogP contribution in [-0.4, -0.2) is 81.6 Å². The van der Waals surface area contributed by atoms with Crippen LogP contribution in [0.25, 0.3) is 22.6 Å². The minimum Gasteiger partial charge on any atom is -0.481 e. The number of aliphatic hydroxyl groups is 1. The second-order valence-electron chi connectivity index (χ2n) is 10.4. The summed E-state index contributed by atoms with van der Waals surface area (Å²) in [6.45, 7) is 1.24. The van der Waals surface area contributed by atoms with Gasteiger partial charge < -0.3 is 34.1 Å². The number of aryl methyl sites for hydroxylation is 1. The Labute approximate surface area is 254 Å². The van der Waals surface area contributed by atoms with Crippen molar-refractivity contribution in [3.63, 3.8) is 0 Å². The van der Waals surface area contributed by atoms with Crippen LogP contribution in [0.1, 0.15) is 30.4 Å². The van der Waals surface area contributed by atoms with Crippen LogP contribution in [0.15, 0.2) is 83.3 Å². The van der Waals surface area contributed by atoms with Gasteiger partial charge in [-0.05, 0) is 48.2 Å². The monoisotopic (exact) mass is 604 g/mol. The van der Waals surface area contributed by atoms with Crippen molar-refractivity contribution in [2.45, 2.75) is 37.9 Å². The van der Waals surface area contributed by atoms with E-state index in [9.17, 15) is 24.6 Å². The van der Waals surface area contributed by atoms with Gasteiger partial charge in [-0.2, -0.15) is 0 Å². The number of rotatable bonds is 18. The topological polar surface area (TPSA) is 160 Å². The van der Waals surface area contributed by atoms with Crippen LogP contribution < -0.4 is 0 Å². The van der Waals surface area contributed by atoms with Gasteiger partial charge in [0.25, 0.3) is 0 Å². The lowest BCUT2D eigenvalue weighted by Gasteiger charge is -2.27. The van der Waals surface area contributed by atoms with Gasteiger partial charge >= 0.3 is 11.9 Å². The fraction of sp³-hybridized carbons (Fsp3) is 0.333. The number of para-hydroxylation sites is 2. The molecule has 0 aliphatic carbocycles. The van der Waals surface area contributed by atoms with Crippen LogP contribution in [0.3, 0.4) is 0 Å². The van der Waals surface area contributed by atoms with Crippen LogP contribution >= 0.6 is 0 Å². The fourth-order valence-electron chi connectivity index (χ4n) is 4.59. The van der Waals surface area contributed by atoms with Crippen LogP contribution in [-0.2, 0) is 36.9 Å². The molecule has 1 unspecified atom stereocenters. The molecule has 232 valence electrons. The number of ether oxygens (including phenoxy) is 2. The first kappa shape index (κ1) is 32.3. The first-order valence-electron chi connectivity index (χ1n) is 14.3. The van der Waals surface area contributed by atoms with E-state index in [0.717, 1.165) is 29.5 Å². The quantitative estimate of drug-likeness (QED) is 0.141. The third-order valence-corrected chi connectivity index (χ3v) is 7.01. The molecule has 3 N–H and O–H groups in total. The number of oxazole rings is 1. The summed E-state index contributed by atoms with van der Waals surface area (Å²) < 4.78 is 17.3. The Balaban J connectivity index is 1.28. The molecule has 1 aromatic heterocycles. The maximum absolute atomic E-state index is 13.0. The van der Waals surface area contributed by atoms with Crippen molar-refractivity contribution in [3.05, 3.63) is 90.0 Å². The number of aromatic nitrogens is 1. The zero-order valence-electron chi connectivity index (χ0n) is 24.3. The molecule has 0 saturated carbocycles. The van der Waals surface area contributed by atoms with Gasteiger partial charge in [0.1, 0.15) is 5.52 Å². The predicted octanol–water partition coefficient (Wildman–Crippen LogP) is 4.17. The number of aliphatic carboxylic acids is 2. The normalized spacial score (nSPS) is 12.6. The van der Waals surface area contributed by atoms with Crippen LogP contribution in [0.2, 0.25) is 0 Å². The summed E-state index contributed by atoms with van der Waals surface area (Å²) in [4.78, 5) is 41.6. The number of nitrogens with zero attached hydrogens (tertiary/aromatic N) is 2. The van der Waals surface area contributed by atoms with E-state index >= 15 is 0 Å². The third-order valence-electron chi connectivity index (χ3n) is 7.01. The summed E-state index contributed by atoms with van der Waals surface area (Å²) in [6.07, 6.45) is -0.370. The Bertz CT molecular complexity index is 1490. The van der Waals surface area contributed by atoms with Crippen LogP contribution in [0, 0.1) is 0 Å². The largest absolute Gasteiger partial charge is 0.481 e. The van der Waals surface area contributed by atoms with Crippen molar-refractivity contribution in [3.8, 4) is 11.5 Å². The molecule has 1 amide bonds.